The molecule has 3 N–H and O–H groups in total. The summed E-state index contributed by atoms with van der Waals surface area (Å²) in [5.74, 6) is -0.388. The molecule has 3 amide bonds. The van der Waals surface area contributed by atoms with Gasteiger partial charge in [0.05, 0.1) is 0 Å². The Balaban J connectivity index is 2.39. The molecule has 1 heterocycles. The summed E-state index contributed by atoms with van der Waals surface area (Å²) >= 11 is 0. The second-order valence-corrected chi connectivity index (χ2v) is 3.44. The Labute approximate surface area is 93.4 Å². The van der Waals surface area contributed by atoms with Gasteiger partial charge in [-0.15, -0.1) is 0 Å². The summed E-state index contributed by atoms with van der Waals surface area (Å²) in [4.78, 5) is 26.4. The standard InChI is InChI=1S/C10H14N4O2/c1-7(2)12-10(16)14-13-9(15)8-3-5-11-6-4-8/h3-7H,1-2H3,(H,13,15)(H2,12,14,16). The zero-order chi connectivity index (χ0) is 12.0. The molecule has 0 aliphatic rings. The second-order valence-electron chi connectivity index (χ2n) is 3.44. The van der Waals surface area contributed by atoms with E-state index in [1.807, 2.05) is 13.8 Å². The molecular weight excluding hydrogens is 208 g/mol. The first kappa shape index (κ1) is 12.0. The summed E-state index contributed by atoms with van der Waals surface area (Å²) in [6.07, 6.45) is 3.01. The third-order valence-corrected chi connectivity index (χ3v) is 1.65. The fraction of sp³-hybridized carbons (Fsp3) is 0.300. The first-order valence-corrected chi connectivity index (χ1v) is 4.86. The van der Waals surface area contributed by atoms with Crippen molar-refractivity contribution in [3.63, 3.8) is 0 Å². The maximum Gasteiger partial charge on any atom is 0.333 e. The molecule has 1 aromatic rings. The van der Waals surface area contributed by atoms with Crippen molar-refractivity contribution in [2.24, 2.45) is 0 Å². The quantitative estimate of drug-likeness (QED) is 0.635. The highest BCUT2D eigenvalue weighted by molar-refractivity contribution is 5.95. The van der Waals surface area contributed by atoms with E-state index in [9.17, 15) is 9.59 Å². The topological polar surface area (TPSA) is 83.1 Å². The van der Waals surface area contributed by atoms with Crippen molar-refractivity contribution in [1.82, 2.24) is 21.2 Å². The van der Waals surface area contributed by atoms with Crippen LogP contribution in [0, 0.1) is 0 Å². The van der Waals surface area contributed by atoms with E-state index in [0.717, 1.165) is 0 Å². The van der Waals surface area contributed by atoms with Gasteiger partial charge >= 0.3 is 6.03 Å². The predicted molar refractivity (Wildman–Crippen MR) is 58.5 cm³/mol. The molecule has 0 aliphatic heterocycles. The Kier molecular flexibility index (Phi) is 4.26. The smallest absolute Gasteiger partial charge is 0.333 e. The molecule has 0 unspecified atom stereocenters. The van der Waals surface area contributed by atoms with Gasteiger partial charge in [0, 0.05) is 24.0 Å². The van der Waals surface area contributed by atoms with E-state index in [0.29, 0.717) is 5.56 Å². The summed E-state index contributed by atoms with van der Waals surface area (Å²) in [6.45, 7) is 3.65. The number of hydrogen-bond donors (Lipinski definition) is 3. The van der Waals surface area contributed by atoms with Gasteiger partial charge in [0.2, 0.25) is 0 Å². The van der Waals surface area contributed by atoms with Crippen LogP contribution in [0.2, 0.25) is 0 Å². The van der Waals surface area contributed by atoms with Gasteiger partial charge in [0.25, 0.3) is 5.91 Å². The number of aromatic nitrogens is 1. The first-order chi connectivity index (χ1) is 7.59. The Morgan fingerprint density at radius 2 is 1.81 bits per heavy atom. The molecule has 0 saturated carbocycles. The average Bonchev–Trinajstić information content (AvgIpc) is 2.26. The highest BCUT2D eigenvalue weighted by Gasteiger charge is 2.06. The van der Waals surface area contributed by atoms with Crippen molar-refractivity contribution in [2.45, 2.75) is 19.9 Å². The normalized spacial score (nSPS) is 9.69. The highest BCUT2D eigenvalue weighted by Crippen LogP contribution is 1.94. The molecule has 6 nitrogen and oxygen atoms in total. The van der Waals surface area contributed by atoms with Crippen molar-refractivity contribution >= 4 is 11.9 Å². The Hall–Kier alpha value is -2.11. The largest absolute Gasteiger partial charge is 0.335 e. The molecule has 16 heavy (non-hydrogen) atoms. The van der Waals surface area contributed by atoms with E-state index in [1.165, 1.54) is 12.4 Å². The lowest BCUT2D eigenvalue weighted by atomic mass is 10.3. The Morgan fingerprint density at radius 1 is 1.19 bits per heavy atom. The van der Waals surface area contributed by atoms with Crippen molar-refractivity contribution in [3.8, 4) is 0 Å². The molecule has 0 atom stereocenters. The third-order valence-electron chi connectivity index (χ3n) is 1.65. The van der Waals surface area contributed by atoms with Gasteiger partial charge < -0.3 is 5.32 Å². The van der Waals surface area contributed by atoms with Crippen molar-refractivity contribution in [2.75, 3.05) is 0 Å². The van der Waals surface area contributed by atoms with Crippen molar-refractivity contribution < 1.29 is 9.59 Å². The van der Waals surface area contributed by atoms with Crippen LogP contribution in [-0.2, 0) is 0 Å². The van der Waals surface area contributed by atoms with Crippen LogP contribution < -0.4 is 16.2 Å². The fourth-order valence-electron chi connectivity index (χ4n) is 0.987. The van der Waals surface area contributed by atoms with Gasteiger partial charge in [-0.2, -0.15) is 0 Å². The number of amides is 3. The molecule has 1 rings (SSSR count). The van der Waals surface area contributed by atoms with Crippen molar-refractivity contribution in [1.29, 1.82) is 0 Å². The summed E-state index contributed by atoms with van der Waals surface area (Å²) in [5.41, 5.74) is 4.95. The number of urea groups is 1. The van der Waals surface area contributed by atoms with E-state index in [4.69, 9.17) is 0 Å². The molecular formula is C10H14N4O2. The molecule has 6 heteroatoms. The third kappa shape index (κ3) is 3.95. The number of carbonyl (C=O) groups excluding carboxylic acids is 2. The van der Waals surface area contributed by atoms with E-state index >= 15 is 0 Å². The van der Waals surface area contributed by atoms with Crippen LogP contribution in [0.15, 0.2) is 24.5 Å². The van der Waals surface area contributed by atoms with Crippen LogP contribution in [-0.4, -0.2) is 23.0 Å². The highest BCUT2D eigenvalue weighted by atomic mass is 16.2. The molecule has 0 aliphatic carbocycles. The number of hydrazine groups is 1. The molecule has 1 aromatic heterocycles. The van der Waals surface area contributed by atoms with E-state index < -0.39 is 6.03 Å². The molecule has 0 saturated heterocycles. The molecule has 0 aromatic carbocycles. The molecule has 0 fully saturated rings. The zero-order valence-electron chi connectivity index (χ0n) is 9.15. The number of rotatable bonds is 2. The predicted octanol–water partition coefficient (Wildman–Crippen LogP) is 0.434. The number of hydrogen-bond acceptors (Lipinski definition) is 3. The molecule has 86 valence electrons. The maximum atomic E-state index is 11.5. The fourth-order valence-corrected chi connectivity index (χ4v) is 0.987. The van der Waals surface area contributed by atoms with Crippen LogP contribution in [0.1, 0.15) is 24.2 Å². The summed E-state index contributed by atoms with van der Waals surface area (Å²) in [5, 5.41) is 2.57. The minimum atomic E-state index is -0.447. The van der Waals surface area contributed by atoms with Gasteiger partial charge in [0.1, 0.15) is 0 Å². The van der Waals surface area contributed by atoms with E-state index in [2.05, 4.69) is 21.2 Å². The van der Waals surface area contributed by atoms with Crippen molar-refractivity contribution in [3.05, 3.63) is 30.1 Å². The lowest BCUT2D eigenvalue weighted by Gasteiger charge is -2.10. The van der Waals surface area contributed by atoms with Gasteiger partial charge in [0.15, 0.2) is 0 Å². The molecule has 0 spiro atoms. The lowest BCUT2D eigenvalue weighted by Crippen LogP contribution is -2.48. The van der Waals surface area contributed by atoms with Crippen LogP contribution in [0.3, 0.4) is 0 Å². The minimum absolute atomic E-state index is 0.0119. The molecule has 0 bridgehead atoms. The lowest BCUT2D eigenvalue weighted by molar-refractivity contribution is 0.0936. The number of pyridine rings is 1. The monoisotopic (exact) mass is 222 g/mol. The zero-order valence-corrected chi connectivity index (χ0v) is 9.15. The van der Waals surface area contributed by atoms with Crippen LogP contribution in [0.25, 0.3) is 0 Å². The van der Waals surface area contributed by atoms with Gasteiger partial charge in [-0.05, 0) is 26.0 Å². The number of nitrogens with zero attached hydrogens (tertiary/aromatic N) is 1. The number of nitrogens with one attached hydrogen (secondary N) is 3. The van der Waals surface area contributed by atoms with Crippen LogP contribution in [0.5, 0.6) is 0 Å². The summed E-state index contributed by atoms with van der Waals surface area (Å²) < 4.78 is 0. The van der Waals surface area contributed by atoms with E-state index in [-0.39, 0.29) is 11.9 Å². The SMILES string of the molecule is CC(C)NC(=O)NNC(=O)c1ccncc1. The van der Waals surface area contributed by atoms with E-state index in [1.54, 1.807) is 12.1 Å². The second kappa shape index (κ2) is 5.69. The summed E-state index contributed by atoms with van der Waals surface area (Å²) in [7, 11) is 0. The van der Waals surface area contributed by atoms with Gasteiger partial charge in [-0.25, -0.2) is 10.2 Å². The minimum Gasteiger partial charge on any atom is -0.335 e. The average molecular weight is 222 g/mol. The summed E-state index contributed by atoms with van der Waals surface area (Å²) in [6, 6.07) is 2.67. The Bertz CT molecular complexity index is 364. The van der Waals surface area contributed by atoms with Crippen LogP contribution >= 0.6 is 0 Å². The Morgan fingerprint density at radius 3 is 2.38 bits per heavy atom. The number of carbonyl (C=O) groups is 2. The molecule has 0 radical (unpaired) electrons. The maximum absolute atomic E-state index is 11.5. The van der Waals surface area contributed by atoms with Crippen LogP contribution in [0.4, 0.5) is 4.79 Å². The van der Waals surface area contributed by atoms with Gasteiger partial charge in [-0.1, -0.05) is 0 Å². The first-order valence-electron chi connectivity index (χ1n) is 4.86. The van der Waals surface area contributed by atoms with Gasteiger partial charge in [-0.3, -0.25) is 15.2 Å².